The van der Waals surface area contributed by atoms with Crippen molar-refractivity contribution in [3.63, 3.8) is 0 Å². The van der Waals surface area contributed by atoms with Gasteiger partial charge in [-0.2, -0.15) is 0 Å². The highest BCUT2D eigenvalue weighted by Crippen LogP contribution is 2.17. The van der Waals surface area contributed by atoms with Gasteiger partial charge in [0.25, 0.3) is 0 Å². The summed E-state index contributed by atoms with van der Waals surface area (Å²) >= 11 is 0. The van der Waals surface area contributed by atoms with Crippen molar-refractivity contribution in [2.45, 2.75) is 6.92 Å². The Morgan fingerprint density at radius 2 is 2.00 bits per heavy atom. The zero-order valence-electron chi connectivity index (χ0n) is 8.24. The van der Waals surface area contributed by atoms with E-state index in [1.807, 2.05) is 4.72 Å². The Hall–Kier alpha value is -1.43. The van der Waals surface area contributed by atoms with Crippen molar-refractivity contribution in [3.8, 4) is 0 Å². The van der Waals surface area contributed by atoms with Crippen molar-refractivity contribution in [2.24, 2.45) is 0 Å². The van der Waals surface area contributed by atoms with Crippen molar-refractivity contribution >= 4 is 21.5 Å². The third-order valence-electron chi connectivity index (χ3n) is 1.67. The number of benzene rings is 1. The zero-order valence-corrected chi connectivity index (χ0v) is 9.06. The molecule has 1 rings (SSSR count). The second kappa shape index (κ2) is 3.98. The summed E-state index contributed by atoms with van der Waals surface area (Å²) in [4.78, 5) is 11.0. The molecule has 0 radical (unpaired) electrons. The fourth-order valence-corrected chi connectivity index (χ4v) is 1.58. The monoisotopic (exact) mass is 231 g/mol. The van der Waals surface area contributed by atoms with Crippen molar-refractivity contribution in [1.82, 2.24) is 0 Å². The number of rotatable bonds is 3. The molecule has 1 aromatic carbocycles. The lowest BCUT2D eigenvalue weighted by Gasteiger charge is -2.06. The van der Waals surface area contributed by atoms with Crippen LogP contribution < -0.4 is 4.72 Å². The van der Waals surface area contributed by atoms with Crippen molar-refractivity contribution < 1.29 is 17.6 Å². The molecule has 1 N–H and O–H groups in total. The molecule has 1 aromatic rings. The third kappa shape index (κ3) is 3.32. The molecule has 0 heterocycles. The number of ketones is 1. The van der Waals surface area contributed by atoms with Gasteiger partial charge in [-0.05, 0) is 25.1 Å². The lowest BCUT2D eigenvalue weighted by Crippen LogP contribution is -2.11. The molecule has 4 nitrogen and oxygen atoms in total. The van der Waals surface area contributed by atoms with Gasteiger partial charge in [-0.25, -0.2) is 12.8 Å². The Labute approximate surface area is 87.2 Å². The predicted molar refractivity (Wildman–Crippen MR) is 54.9 cm³/mol. The summed E-state index contributed by atoms with van der Waals surface area (Å²) in [6.45, 7) is 1.32. The van der Waals surface area contributed by atoms with Gasteiger partial charge in [0.15, 0.2) is 5.78 Å². The SMILES string of the molecule is CC(=O)c1ccc(F)c(NS(C)(=O)=O)c1. The molecule has 0 aliphatic heterocycles. The van der Waals surface area contributed by atoms with E-state index in [-0.39, 0.29) is 17.0 Å². The van der Waals surface area contributed by atoms with E-state index in [2.05, 4.69) is 0 Å². The Balaban J connectivity index is 3.17. The maximum absolute atomic E-state index is 13.1. The van der Waals surface area contributed by atoms with Crippen LogP contribution in [0.3, 0.4) is 0 Å². The summed E-state index contributed by atoms with van der Waals surface area (Å²) < 4.78 is 36.9. The van der Waals surface area contributed by atoms with Crippen LogP contribution in [0.5, 0.6) is 0 Å². The van der Waals surface area contributed by atoms with Gasteiger partial charge >= 0.3 is 0 Å². The van der Waals surface area contributed by atoms with Gasteiger partial charge in [0.05, 0.1) is 11.9 Å². The number of Topliss-reactive ketones (excluding diaryl/α,β-unsaturated/α-hetero) is 1. The summed E-state index contributed by atoms with van der Waals surface area (Å²) in [6.07, 6.45) is 0.910. The minimum absolute atomic E-state index is 0.217. The molecule has 0 amide bonds. The topological polar surface area (TPSA) is 63.2 Å². The van der Waals surface area contributed by atoms with Gasteiger partial charge in [-0.15, -0.1) is 0 Å². The molecule has 0 aliphatic rings. The molecular weight excluding hydrogens is 221 g/mol. The molecule has 0 saturated heterocycles. The molecule has 82 valence electrons. The second-order valence-electron chi connectivity index (χ2n) is 3.13. The summed E-state index contributed by atoms with van der Waals surface area (Å²) in [7, 11) is -3.54. The lowest BCUT2D eigenvalue weighted by atomic mass is 10.1. The highest BCUT2D eigenvalue weighted by atomic mass is 32.2. The Bertz CT molecular complexity index is 496. The third-order valence-corrected chi connectivity index (χ3v) is 2.26. The highest BCUT2D eigenvalue weighted by Gasteiger charge is 2.09. The Morgan fingerprint density at radius 1 is 1.40 bits per heavy atom. The van der Waals surface area contributed by atoms with Crippen LogP contribution in [0.4, 0.5) is 10.1 Å². The van der Waals surface area contributed by atoms with Crippen LogP contribution in [0.15, 0.2) is 18.2 Å². The molecule has 0 fully saturated rings. The number of carbonyl (C=O) groups excluding carboxylic acids is 1. The number of anilines is 1. The van der Waals surface area contributed by atoms with Crippen LogP contribution in [0.25, 0.3) is 0 Å². The fraction of sp³-hybridized carbons (Fsp3) is 0.222. The van der Waals surface area contributed by atoms with Crippen LogP contribution in [-0.2, 0) is 10.0 Å². The first-order valence-corrected chi connectivity index (χ1v) is 5.97. The summed E-state index contributed by atoms with van der Waals surface area (Å²) in [5, 5.41) is 0. The molecule has 0 spiro atoms. The quantitative estimate of drug-likeness (QED) is 0.800. The molecule has 0 aromatic heterocycles. The number of halogens is 1. The standard InChI is InChI=1S/C9H10FNO3S/c1-6(12)7-3-4-8(10)9(5-7)11-15(2,13)14/h3-5,11H,1-2H3. The van der Waals surface area contributed by atoms with E-state index in [1.165, 1.54) is 19.1 Å². The minimum atomic E-state index is -3.54. The van der Waals surface area contributed by atoms with E-state index in [0.717, 1.165) is 12.3 Å². The largest absolute Gasteiger partial charge is 0.295 e. The van der Waals surface area contributed by atoms with Crippen LogP contribution in [0.1, 0.15) is 17.3 Å². The first-order valence-electron chi connectivity index (χ1n) is 4.08. The summed E-state index contributed by atoms with van der Waals surface area (Å²) in [5.74, 6) is -0.975. The zero-order chi connectivity index (χ0) is 11.6. The molecule has 15 heavy (non-hydrogen) atoms. The highest BCUT2D eigenvalue weighted by molar-refractivity contribution is 7.92. The van der Waals surface area contributed by atoms with Gasteiger partial charge in [0.1, 0.15) is 5.82 Å². The number of hydrogen-bond donors (Lipinski definition) is 1. The Kier molecular flexibility index (Phi) is 3.09. The predicted octanol–water partition coefficient (Wildman–Crippen LogP) is 1.40. The molecule has 6 heteroatoms. The minimum Gasteiger partial charge on any atom is -0.295 e. The molecule has 0 atom stereocenters. The maximum Gasteiger partial charge on any atom is 0.229 e. The van der Waals surface area contributed by atoms with E-state index in [1.54, 1.807) is 0 Å². The van der Waals surface area contributed by atoms with Crippen LogP contribution in [0.2, 0.25) is 0 Å². The van der Waals surface area contributed by atoms with Crippen molar-refractivity contribution in [2.75, 3.05) is 11.0 Å². The molecule has 0 bridgehead atoms. The maximum atomic E-state index is 13.1. The first-order chi connectivity index (χ1) is 6.79. The van der Waals surface area contributed by atoms with Crippen LogP contribution in [0, 0.1) is 5.82 Å². The van der Waals surface area contributed by atoms with Crippen molar-refractivity contribution in [1.29, 1.82) is 0 Å². The van der Waals surface area contributed by atoms with E-state index < -0.39 is 15.8 Å². The average Bonchev–Trinajstić information content (AvgIpc) is 2.06. The number of hydrogen-bond acceptors (Lipinski definition) is 3. The molecule has 0 saturated carbocycles. The number of sulfonamides is 1. The molecule has 0 unspecified atom stereocenters. The van der Waals surface area contributed by atoms with Gasteiger partial charge in [-0.3, -0.25) is 9.52 Å². The van der Waals surface area contributed by atoms with E-state index >= 15 is 0 Å². The lowest BCUT2D eigenvalue weighted by molar-refractivity contribution is 0.101. The fourth-order valence-electron chi connectivity index (χ4n) is 1.02. The van der Waals surface area contributed by atoms with Gasteiger partial charge in [-0.1, -0.05) is 0 Å². The Morgan fingerprint density at radius 3 is 2.47 bits per heavy atom. The van der Waals surface area contributed by atoms with Gasteiger partial charge < -0.3 is 0 Å². The first kappa shape index (κ1) is 11.6. The smallest absolute Gasteiger partial charge is 0.229 e. The van der Waals surface area contributed by atoms with Crippen LogP contribution in [-0.4, -0.2) is 20.5 Å². The van der Waals surface area contributed by atoms with E-state index in [4.69, 9.17) is 0 Å². The summed E-state index contributed by atoms with van der Waals surface area (Å²) in [5.41, 5.74) is 0.0350. The molecular formula is C9H10FNO3S. The normalized spacial score (nSPS) is 11.1. The van der Waals surface area contributed by atoms with E-state index in [9.17, 15) is 17.6 Å². The second-order valence-corrected chi connectivity index (χ2v) is 4.87. The summed E-state index contributed by atoms with van der Waals surface area (Å²) in [6, 6.07) is 3.51. The number of nitrogens with one attached hydrogen (secondary N) is 1. The van der Waals surface area contributed by atoms with Gasteiger partial charge in [0, 0.05) is 5.56 Å². The number of carbonyl (C=O) groups is 1. The van der Waals surface area contributed by atoms with Gasteiger partial charge in [0.2, 0.25) is 10.0 Å². The molecule has 0 aliphatic carbocycles. The van der Waals surface area contributed by atoms with E-state index in [0.29, 0.717) is 0 Å². The average molecular weight is 231 g/mol. The van der Waals surface area contributed by atoms with Crippen LogP contribution >= 0.6 is 0 Å². The van der Waals surface area contributed by atoms with Crippen molar-refractivity contribution in [3.05, 3.63) is 29.6 Å².